The van der Waals surface area contributed by atoms with Crippen molar-refractivity contribution in [1.29, 1.82) is 0 Å². The largest absolute Gasteiger partial charge is 0.543 e. The van der Waals surface area contributed by atoms with Crippen LogP contribution in [-0.2, 0) is 11.8 Å². The number of nitrogens with zero attached hydrogens (tertiary/aromatic N) is 1. The van der Waals surface area contributed by atoms with Gasteiger partial charge in [0.2, 0.25) is 0 Å². The molecule has 1 aromatic heterocycles. The van der Waals surface area contributed by atoms with Gasteiger partial charge in [-0.1, -0.05) is 51.1 Å². The number of fused-ring (bicyclic) bond motifs is 1. The Balaban J connectivity index is 2.45. The number of aromatic hydroxyl groups is 1. The zero-order valence-corrected chi connectivity index (χ0v) is 20.8. The standard InChI is InChI=1S/C25H33NO4Si/c1-9-29-24(28)20-19-18(30-31(7,8)25(3,4)5)15-16(2)23(27)22(19)26(6)21(20)17-13-11-10-12-14-17/h10-15,27H,9H2,1-8H3. The van der Waals surface area contributed by atoms with Crippen molar-refractivity contribution in [3.8, 4) is 22.8 Å². The molecule has 0 unspecified atom stereocenters. The third kappa shape index (κ3) is 3.96. The zero-order chi connectivity index (χ0) is 23.1. The highest BCUT2D eigenvalue weighted by Gasteiger charge is 2.40. The molecule has 1 heterocycles. The molecule has 0 bridgehead atoms. The number of carbonyl (C=O) groups excluding carboxylic acids is 1. The molecule has 6 heteroatoms. The van der Waals surface area contributed by atoms with Crippen LogP contribution in [0.4, 0.5) is 0 Å². The smallest absolute Gasteiger partial charge is 0.341 e. The Bertz CT molecular complexity index is 1120. The lowest BCUT2D eigenvalue weighted by Gasteiger charge is -2.36. The summed E-state index contributed by atoms with van der Waals surface area (Å²) in [6.45, 7) is 14.8. The van der Waals surface area contributed by atoms with Crippen molar-refractivity contribution in [3.05, 3.63) is 47.5 Å². The molecular weight excluding hydrogens is 406 g/mol. The molecule has 0 aliphatic carbocycles. The van der Waals surface area contributed by atoms with Gasteiger partial charge in [-0.05, 0) is 49.2 Å². The van der Waals surface area contributed by atoms with Crippen molar-refractivity contribution >= 4 is 25.2 Å². The number of phenolic OH excluding ortho intramolecular Hbond substituents is 1. The van der Waals surface area contributed by atoms with Crippen molar-refractivity contribution in [1.82, 2.24) is 4.57 Å². The maximum Gasteiger partial charge on any atom is 0.341 e. The first-order valence-electron chi connectivity index (χ1n) is 10.7. The van der Waals surface area contributed by atoms with Gasteiger partial charge in [-0.3, -0.25) is 0 Å². The zero-order valence-electron chi connectivity index (χ0n) is 19.8. The first-order chi connectivity index (χ1) is 14.4. The maximum absolute atomic E-state index is 13.2. The van der Waals surface area contributed by atoms with Crippen molar-refractivity contribution in [2.24, 2.45) is 7.05 Å². The summed E-state index contributed by atoms with van der Waals surface area (Å²) >= 11 is 0. The van der Waals surface area contributed by atoms with Crippen LogP contribution in [0.25, 0.3) is 22.2 Å². The van der Waals surface area contributed by atoms with Gasteiger partial charge in [0.25, 0.3) is 8.32 Å². The molecule has 0 amide bonds. The van der Waals surface area contributed by atoms with Crippen LogP contribution >= 0.6 is 0 Å². The SMILES string of the molecule is CCOC(=O)c1c(-c2ccccc2)n(C)c2c(O)c(C)cc(O[Si](C)(C)C(C)(C)C)c12. The molecule has 3 rings (SSSR count). The molecule has 0 fully saturated rings. The van der Waals surface area contributed by atoms with Crippen molar-refractivity contribution in [3.63, 3.8) is 0 Å². The Kier molecular flexibility index (Phi) is 5.98. The van der Waals surface area contributed by atoms with Gasteiger partial charge in [0.15, 0.2) is 0 Å². The minimum atomic E-state index is -2.21. The predicted octanol–water partition coefficient (Wildman–Crippen LogP) is 6.42. The van der Waals surface area contributed by atoms with Crippen LogP contribution in [0.2, 0.25) is 18.1 Å². The fraction of sp³-hybridized carbons (Fsp3) is 0.400. The molecule has 166 valence electrons. The Labute approximate surface area is 185 Å². The fourth-order valence-electron chi connectivity index (χ4n) is 3.57. The average Bonchev–Trinajstić information content (AvgIpc) is 2.99. The van der Waals surface area contributed by atoms with Crippen LogP contribution in [-0.4, -0.2) is 30.6 Å². The molecule has 0 spiro atoms. The summed E-state index contributed by atoms with van der Waals surface area (Å²) in [7, 11) is -0.346. The fourth-order valence-corrected chi connectivity index (χ4v) is 4.59. The second-order valence-electron chi connectivity index (χ2n) is 9.50. The van der Waals surface area contributed by atoms with Crippen LogP contribution in [0.1, 0.15) is 43.6 Å². The van der Waals surface area contributed by atoms with Gasteiger partial charge in [-0.25, -0.2) is 4.79 Å². The first-order valence-corrected chi connectivity index (χ1v) is 13.6. The number of ether oxygens (including phenoxy) is 1. The van der Waals surface area contributed by atoms with E-state index in [1.54, 1.807) is 6.92 Å². The summed E-state index contributed by atoms with van der Waals surface area (Å²) in [5.41, 5.74) is 3.29. The summed E-state index contributed by atoms with van der Waals surface area (Å²) in [5, 5.41) is 11.6. The highest BCUT2D eigenvalue weighted by atomic mass is 28.4. The normalized spacial score (nSPS) is 12.3. The predicted molar refractivity (Wildman–Crippen MR) is 129 cm³/mol. The number of phenols is 1. The molecule has 0 saturated carbocycles. The molecule has 3 aromatic rings. The number of hydrogen-bond acceptors (Lipinski definition) is 4. The van der Waals surface area contributed by atoms with Crippen LogP contribution in [0.3, 0.4) is 0 Å². The summed E-state index contributed by atoms with van der Waals surface area (Å²) in [6.07, 6.45) is 0. The molecule has 31 heavy (non-hydrogen) atoms. The minimum absolute atomic E-state index is 0.0216. The lowest BCUT2D eigenvalue weighted by molar-refractivity contribution is 0.0529. The lowest BCUT2D eigenvalue weighted by Crippen LogP contribution is -2.43. The highest BCUT2D eigenvalue weighted by molar-refractivity contribution is 6.74. The molecule has 0 radical (unpaired) electrons. The van der Waals surface area contributed by atoms with E-state index in [4.69, 9.17) is 9.16 Å². The van der Waals surface area contributed by atoms with E-state index in [0.29, 0.717) is 33.5 Å². The topological polar surface area (TPSA) is 60.7 Å². The number of benzene rings is 2. The van der Waals surface area contributed by atoms with Gasteiger partial charge in [0, 0.05) is 7.05 Å². The van der Waals surface area contributed by atoms with Gasteiger partial charge in [0.1, 0.15) is 11.5 Å². The molecular formula is C25H33NO4Si. The van der Waals surface area contributed by atoms with Crippen LogP contribution in [0.15, 0.2) is 36.4 Å². The third-order valence-electron chi connectivity index (χ3n) is 6.28. The average molecular weight is 440 g/mol. The Hall–Kier alpha value is -2.73. The maximum atomic E-state index is 13.2. The second kappa shape index (κ2) is 8.08. The second-order valence-corrected chi connectivity index (χ2v) is 14.2. The minimum Gasteiger partial charge on any atom is -0.543 e. The van der Waals surface area contributed by atoms with Crippen molar-refractivity contribution in [2.75, 3.05) is 6.61 Å². The summed E-state index contributed by atoms with van der Waals surface area (Å²) < 4.78 is 14.0. The summed E-state index contributed by atoms with van der Waals surface area (Å²) in [6, 6.07) is 11.5. The summed E-state index contributed by atoms with van der Waals surface area (Å²) in [5.74, 6) is 0.348. The number of esters is 1. The molecule has 5 nitrogen and oxygen atoms in total. The van der Waals surface area contributed by atoms with Crippen LogP contribution in [0, 0.1) is 6.92 Å². The molecule has 0 aliphatic heterocycles. The first kappa shape index (κ1) is 22.9. The molecule has 1 N–H and O–H groups in total. The molecule has 0 atom stereocenters. The van der Waals surface area contributed by atoms with Crippen molar-refractivity contribution in [2.45, 2.75) is 52.8 Å². The molecule has 0 saturated heterocycles. The van der Waals surface area contributed by atoms with Gasteiger partial charge >= 0.3 is 5.97 Å². The van der Waals surface area contributed by atoms with Crippen LogP contribution < -0.4 is 4.43 Å². The Morgan fingerprint density at radius 2 is 1.77 bits per heavy atom. The Morgan fingerprint density at radius 3 is 2.32 bits per heavy atom. The Morgan fingerprint density at radius 1 is 1.16 bits per heavy atom. The van der Waals surface area contributed by atoms with E-state index >= 15 is 0 Å². The lowest BCUT2D eigenvalue weighted by atomic mass is 10.0. The van der Waals surface area contributed by atoms with Crippen LogP contribution in [0.5, 0.6) is 11.5 Å². The number of aryl methyl sites for hydroxylation is 2. The third-order valence-corrected chi connectivity index (χ3v) is 10.6. The number of rotatable bonds is 5. The van der Waals surface area contributed by atoms with E-state index in [1.807, 2.05) is 54.9 Å². The number of carbonyl (C=O) groups is 1. The molecule has 2 aromatic carbocycles. The van der Waals surface area contributed by atoms with E-state index in [2.05, 4.69) is 33.9 Å². The number of aromatic nitrogens is 1. The van der Waals surface area contributed by atoms with E-state index in [-0.39, 0.29) is 17.4 Å². The van der Waals surface area contributed by atoms with Gasteiger partial charge in [0.05, 0.1) is 28.8 Å². The van der Waals surface area contributed by atoms with E-state index in [1.165, 1.54) is 0 Å². The highest BCUT2D eigenvalue weighted by Crippen LogP contribution is 2.46. The van der Waals surface area contributed by atoms with E-state index in [9.17, 15) is 9.90 Å². The van der Waals surface area contributed by atoms with Gasteiger partial charge < -0.3 is 18.8 Å². The van der Waals surface area contributed by atoms with E-state index in [0.717, 1.165) is 5.56 Å². The van der Waals surface area contributed by atoms with Gasteiger partial charge in [-0.15, -0.1) is 0 Å². The summed E-state index contributed by atoms with van der Waals surface area (Å²) in [4.78, 5) is 13.2. The van der Waals surface area contributed by atoms with E-state index < -0.39 is 14.3 Å². The monoisotopic (exact) mass is 439 g/mol. The van der Waals surface area contributed by atoms with Crippen molar-refractivity contribution < 1.29 is 19.1 Å². The van der Waals surface area contributed by atoms with Gasteiger partial charge in [-0.2, -0.15) is 0 Å². The number of hydrogen-bond donors (Lipinski definition) is 1. The quantitative estimate of drug-likeness (QED) is 0.368. The molecule has 0 aliphatic rings.